The second-order valence-corrected chi connectivity index (χ2v) is 6.36. The minimum absolute atomic E-state index is 0.0909. The highest BCUT2D eigenvalue weighted by Crippen LogP contribution is 2.42. The zero-order chi connectivity index (χ0) is 14.7. The van der Waals surface area contributed by atoms with Crippen molar-refractivity contribution in [2.24, 2.45) is 11.8 Å². The van der Waals surface area contributed by atoms with Crippen LogP contribution < -0.4 is 5.32 Å². The van der Waals surface area contributed by atoms with Gasteiger partial charge in [0, 0.05) is 19.1 Å². The molecule has 1 heterocycles. The van der Waals surface area contributed by atoms with Crippen molar-refractivity contribution >= 4 is 5.91 Å². The van der Waals surface area contributed by atoms with Gasteiger partial charge in [-0.15, -0.1) is 0 Å². The summed E-state index contributed by atoms with van der Waals surface area (Å²) < 4.78 is 11.5. The van der Waals surface area contributed by atoms with Crippen LogP contribution in [0.3, 0.4) is 0 Å². The second-order valence-electron chi connectivity index (χ2n) is 6.36. The van der Waals surface area contributed by atoms with Gasteiger partial charge in [-0.3, -0.25) is 4.79 Å². The third-order valence-electron chi connectivity index (χ3n) is 4.31. The van der Waals surface area contributed by atoms with E-state index in [1.54, 1.807) is 0 Å². The summed E-state index contributed by atoms with van der Waals surface area (Å²) in [5.41, 5.74) is 0. The van der Waals surface area contributed by atoms with E-state index < -0.39 is 0 Å². The highest BCUT2D eigenvalue weighted by molar-refractivity contribution is 5.92. The molecular formula is C16H25NO4. The van der Waals surface area contributed by atoms with E-state index in [0.29, 0.717) is 30.2 Å². The largest absolute Gasteiger partial charge is 0.459 e. The van der Waals surface area contributed by atoms with Gasteiger partial charge in [0.1, 0.15) is 0 Å². The Balaban J connectivity index is 1.54. The SMILES string of the molecule is O=C(NC1CC1)C1=C[C@H](C2CC2)C[C@H](OCCCCO)O1. The number of rotatable bonds is 8. The topological polar surface area (TPSA) is 67.8 Å². The van der Waals surface area contributed by atoms with Crippen molar-refractivity contribution in [3.63, 3.8) is 0 Å². The summed E-state index contributed by atoms with van der Waals surface area (Å²) in [6.45, 7) is 0.759. The van der Waals surface area contributed by atoms with Crippen LogP contribution in [0.1, 0.15) is 44.9 Å². The Morgan fingerprint density at radius 2 is 2.14 bits per heavy atom. The summed E-state index contributed by atoms with van der Waals surface area (Å²) in [5.74, 6) is 1.45. The highest BCUT2D eigenvalue weighted by Gasteiger charge is 2.37. The van der Waals surface area contributed by atoms with Gasteiger partial charge < -0.3 is 19.9 Å². The zero-order valence-electron chi connectivity index (χ0n) is 12.4. The van der Waals surface area contributed by atoms with Gasteiger partial charge in [-0.2, -0.15) is 0 Å². The Hall–Kier alpha value is -1.07. The van der Waals surface area contributed by atoms with Gasteiger partial charge in [0.15, 0.2) is 5.76 Å². The molecule has 3 rings (SSSR count). The van der Waals surface area contributed by atoms with Crippen LogP contribution in [0, 0.1) is 11.8 Å². The maximum Gasteiger partial charge on any atom is 0.286 e. The van der Waals surface area contributed by atoms with Crippen molar-refractivity contribution in [1.82, 2.24) is 5.32 Å². The van der Waals surface area contributed by atoms with Crippen LogP contribution in [0.4, 0.5) is 0 Å². The molecule has 5 nitrogen and oxygen atoms in total. The average Bonchev–Trinajstić information content (AvgIpc) is 3.36. The molecule has 1 amide bonds. The molecule has 0 spiro atoms. The zero-order valence-corrected chi connectivity index (χ0v) is 12.4. The van der Waals surface area contributed by atoms with Crippen molar-refractivity contribution < 1.29 is 19.4 Å². The maximum atomic E-state index is 12.2. The van der Waals surface area contributed by atoms with E-state index in [2.05, 4.69) is 5.32 Å². The number of aliphatic hydroxyl groups is 1. The molecule has 1 aliphatic heterocycles. The molecule has 2 atom stereocenters. The van der Waals surface area contributed by atoms with Gasteiger partial charge >= 0.3 is 0 Å². The predicted molar refractivity (Wildman–Crippen MR) is 77.2 cm³/mol. The lowest BCUT2D eigenvalue weighted by molar-refractivity contribution is -0.150. The molecule has 2 saturated carbocycles. The average molecular weight is 295 g/mol. The van der Waals surface area contributed by atoms with Crippen LogP contribution in [-0.2, 0) is 14.3 Å². The van der Waals surface area contributed by atoms with E-state index in [4.69, 9.17) is 14.6 Å². The Morgan fingerprint density at radius 1 is 1.33 bits per heavy atom. The molecule has 2 N–H and O–H groups in total. The summed E-state index contributed by atoms with van der Waals surface area (Å²) in [5, 5.41) is 11.8. The van der Waals surface area contributed by atoms with E-state index >= 15 is 0 Å². The fourth-order valence-electron chi connectivity index (χ4n) is 2.71. The summed E-state index contributed by atoms with van der Waals surface area (Å²) in [6, 6.07) is 0.340. The Kier molecular flexibility index (Phi) is 4.80. The number of carbonyl (C=O) groups is 1. The number of ether oxygens (including phenoxy) is 2. The van der Waals surface area contributed by atoms with Crippen molar-refractivity contribution in [3.05, 3.63) is 11.8 Å². The minimum atomic E-state index is -0.320. The third kappa shape index (κ3) is 4.45. The van der Waals surface area contributed by atoms with Crippen molar-refractivity contribution in [1.29, 1.82) is 0 Å². The quantitative estimate of drug-likeness (QED) is 0.669. The maximum absolute atomic E-state index is 12.2. The third-order valence-corrected chi connectivity index (χ3v) is 4.31. The van der Waals surface area contributed by atoms with E-state index in [0.717, 1.165) is 32.1 Å². The lowest BCUT2D eigenvalue weighted by Gasteiger charge is -2.29. The first-order chi connectivity index (χ1) is 10.3. The smallest absolute Gasteiger partial charge is 0.286 e. The van der Waals surface area contributed by atoms with Gasteiger partial charge in [0.05, 0.1) is 6.61 Å². The molecular weight excluding hydrogens is 270 g/mol. The normalized spacial score (nSPS) is 28.7. The molecule has 0 radical (unpaired) electrons. The summed E-state index contributed by atoms with van der Waals surface area (Å²) >= 11 is 0. The fourth-order valence-corrected chi connectivity index (χ4v) is 2.71. The van der Waals surface area contributed by atoms with Crippen molar-refractivity contribution in [2.45, 2.75) is 57.3 Å². The van der Waals surface area contributed by atoms with Gasteiger partial charge in [0.2, 0.25) is 6.29 Å². The number of carbonyl (C=O) groups excluding carboxylic acids is 1. The van der Waals surface area contributed by atoms with Crippen LogP contribution in [0.25, 0.3) is 0 Å². The monoisotopic (exact) mass is 295 g/mol. The van der Waals surface area contributed by atoms with Crippen LogP contribution in [0.5, 0.6) is 0 Å². The molecule has 0 aromatic carbocycles. The Morgan fingerprint density at radius 3 is 2.81 bits per heavy atom. The molecule has 2 fully saturated rings. The highest BCUT2D eigenvalue weighted by atomic mass is 16.7. The van der Waals surface area contributed by atoms with Crippen molar-refractivity contribution in [2.75, 3.05) is 13.2 Å². The number of nitrogens with one attached hydrogen (secondary N) is 1. The molecule has 0 saturated heterocycles. The fraction of sp³-hybridized carbons (Fsp3) is 0.812. The van der Waals surface area contributed by atoms with E-state index in [9.17, 15) is 4.79 Å². The standard InChI is InChI=1S/C16H25NO4/c18-7-1-2-8-20-15-10-12(11-3-4-11)9-14(21-15)16(19)17-13-5-6-13/h9,11-13,15,18H,1-8,10H2,(H,17,19)/t12-,15+/m0/s1. The molecule has 0 aromatic heterocycles. The number of hydrogen-bond donors (Lipinski definition) is 2. The molecule has 2 aliphatic carbocycles. The first-order valence-corrected chi connectivity index (χ1v) is 8.18. The molecule has 21 heavy (non-hydrogen) atoms. The molecule has 3 aliphatic rings. The van der Waals surface area contributed by atoms with E-state index in [1.165, 1.54) is 12.8 Å². The van der Waals surface area contributed by atoms with Gasteiger partial charge in [-0.05, 0) is 56.4 Å². The van der Waals surface area contributed by atoms with Crippen LogP contribution in [0.15, 0.2) is 11.8 Å². The van der Waals surface area contributed by atoms with Crippen LogP contribution in [0.2, 0.25) is 0 Å². The predicted octanol–water partition coefficient (Wildman–Crippen LogP) is 1.71. The van der Waals surface area contributed by atoms with Gasteiger partial charge in [-0.1, -0.05) is 0 Å². The van der Waals surface area contributed by atoms with E-state index in [-0.39, 0.29) is 18.8 Å². The number of amides is 1. The van der Waals surface area contributed by atoms with E-state index in [1.807, 2.05) is 6.08 Å². The van der Waals surface area contributed by atoms with Gasteiger partial charge in [-0.25, -0.2) is 0 Å². The molecule has 0 unspecified atom stereocenters. The molecule has 118 valence electrons. The minimum Gasteiger partial charge on any atom is -0.459 e. The Labute approximate surface area is 125 Å². The van der Waals surface area contributed by atoms with Crippen molar-refractivity contribution in [3.8, 4) is 0 Å². The Bertz CT molecular complexity index is 401. The lowest BCUT2D eigenvalue weighted by Crippen LogP contribution is -2.34. The second kappa shape index (κ2) is 6.79. The number of allylic oxidation sites excluding steroid dienone is 1. The molecule has 5 heteroatoms. The lowest BCUT2D eigenvalue weighted by atomic mass is 9.96. The number of aliphatic hydroxyl groups excluding tert-OH is 1. The first kappa shape index (κ1) is 14.9. The van der Waals surface area contributed by atoms with Crippen LogP contribution >= 0.6 is 0 Å². The molecule has 0 aromatic rings. The first-order valence-electron chi connectivity index (χ1n) is 8.18. The number of hydrogen-bond acceptors (Lipinski definition) is 4. The van der Waals surface area contributed by atoms with Gasteiger partial charge in [0.25, 0.3) is 5.91 Å². The van der Waals surface area contributed by atoms with Crippen LogP contribution in [-0.4, -0.2) is 36.6 Å². The molecule has 0 bridgehead atoms. The summed E-state index contributed by atoms with van der Waals surface area (Å²) in [7, 11) is 0. The number of unbranched alkanes of at least 4 members (excludes halogenated alkanes) is 1. The summed E-state index contributed by atoms with van der Waals surface area (Å²) in [6.07, 6.45) is 8.72. The summed E-state index contributed by atoms with van der Waals surface area (Å²) in [4.78, 5) is 12.2.